The molecule has 1 aromatic heterocycles. The maximum absolute atomic E-state index is 11.1. The molecule has 0 unspecified atom stereocenters. The third-order valence-electron chi connectivity index (χ3n) is 1.62. The first kappa shape index (κ1) is 12.4. The number of hydrazine groups is 1. The summed E-state index contributed by atoms with van der Waals surface area (Å²) in [7, 11) is 0. The van der Waals surface area contributed by atoms with Crippen molar-refractivity contribution < 1.29 is 4.79 Å². The predicted molar refractivity (Wildman–Crippen MR) is 63.6 cm³/mol. The van der Waals surface area contributed by atoms with Crippen molar-refractivity contribution in [3.8, 4) is 0 Å². The molecule has 15 heavy (non-hydrogen) atoms. The van der Waals surface area contributed by atoms with E-state index < -0.39 is 0 Å². The molecule has 5 nitrogen and oxygen atoms in total. The number of aromatic nitrogens is 1. The van der Waals surface area contributed by atoms with E-state index in [0.717, 1.165) is 23.6 Å². The second kappa shape index (κ2) is 6.78. The molecule has 0 aliphatic heterocycles. The molecule has 1 amide bonds. The maximum Gasteiger partial charge on any atom is 0.294 e. The molecule has 0 saturated heterocycles. The van der Waals surface area contributed by atoms with Gasteiger partial charge in [-0.05, 0) is 18.7 Å². The monoisotopic (exact) mass is 246 g/mol. The van der Waals surface area contributed by atoms with Gasteiger partial charge >= 0.3 is 0 Å². The summed E-state index contributed by atoms with van der Waals surface area (Å²) in [6, 6.07) is 0. The highest BCUT2D eigenvalue weighted by Gasteiger charge is 2.08. The van der Waals surface area contributed by atoms with Crippen LogP contribution >= 0.6 is 23.1 Å². The van der Waals surface area contributed by atoms with Gasteiger partial charge in [0, 0.05) is 11.1 Å². The van der Waals surface area contributed by atoms with Crippen LogP contribution in [0.1, 0.15) is 21.9 Å². The molecular weight excluding hydrogens is 232 g/mol. The number of carbonyl (C=O) groups is 1. The Kier molecular flexibility index (Phi) is 5.62. The molecule has 84 valence electrons. The molecule has 1 aromatic rings. The Balaban J connectivity index is 2.36. The summed E-state index contributed by atoms with van der Waals surface area (Å²) < 4.78 is 0. The van der Waals surface area contributed by atoms with Crippen molar-refractivity contribution >= 4 is 29.0 Å². The van der Waals surface area contributed by atoms with Gasteiger partial charge in [0.15, 0.2) is 5.01 Å². The van der Waals surface area contributed by atoms with Gasteiger partial charge in [-0.1, -0.05) is 0 Å². The zero-order chi connectivity index (χ0) is 11.1. The molecule has 0 radical (unpaired) electrons. The summed E-state index contributed by atoms with van der Waals surface area (Å²) in [6.45, 7) is 0.713. The van der Waals surface area contributed by atoms with Crippen LogP contribution in [0, 0.1) is 0 Å². The number of hydrogen-bond donors (Lipinski definition) is 3. The van der Waals surface area contributed by atoms with Gasteiger partial charge < -0.3 is 5.73 Å². The Morgan fingerprint density at radius 2 is 2.47 bits per heavy atom. The van der Waals surface area contributed by atoms with Crippen LogP contribution in [0.5, 0.6) is 0 Å². The highest BCUT2D eigenvalue weighted by molar-refractivity contribution is 7.98. The van der Waals surface area contributed by atoms with E-state index in [1.54, 1.807) is 11.8 Å². The summed E-state index contributed by atoms with van der Waals surface area (Å²) >= 11 is 3.07. The van der Waals surface area contributed by atoms with Gasteiger partial charge in [-0.3, -0.25) is 10.2 Å². The number of nitrogen functional groups attached to an aromatic ring is 1. The molecule has 0 aliphatic carbocycles. The second-order valence-electron chi connectivity index (χ2n) is 2.81. The van der Waals surface area contributed by atoms with Gasteiger partial charge in [0.05, 0.1) is 5.69 Å². The van der Waals surface area contributed by atoms with Gasteiger partial charge in [-0.25, -0.2) is 10.8 Å². The maximum atomic E-state index is 11.1. The van der Waals surface area contributed by atoms with Crippen molar-refractivity contribution in [1.82, 2.24) is 10.4 Å². The van der Waals surface area contributed by atoms with E-state index >= 15 is 0 Å². The lowest BCUT2D eigenvalue weighted by Gasteiger charge is -1.96. The number of amides is 1. The van der Waals surface area contributed by atoms with Crippen LogP contribution in [-0.2, 0) is 5.75 Å². The Hall–Kier alpha value is -0.630. The Morgan fingerprint density at radius 1 is 1.67 bits per heavy atom. The van der Waals surface area contributed by atoms with E-state index in [9.17, 15) is 4.79 Å². The SMILES string of the molecule is NCCCSCc1csc(C(=O)NN)n1. The van der Waals surface area contributed by atoms with Crippen LogP contribution in [-0.4, -0.2) is 23.2 Å². The van der Waals surface area contributed by atoms with Crippen molar-refractivity contribution in [3.63, 3.8) is 0 Å². The molecule has 0 spiro atoms. The molecule has 0 atom stereocenters. The number of thiazole rings is 1. The average Bonchev–Trinajstić information content (AvgIpc) is 2.72. The van der Waals surface area contributed by atoms with E-state index in [1.165, 1.54) is 11.3 Å². The van der Waals surface area contributed by atoms with Crippen LogP contribution in [0.3, 0.4) is 0 Å². The zero-order valence-corrected chi connectivity index (χ0v) is 9.87. The van der Waals surface area contributed by atoms with E-state index in [2.05, 4.69) is 10.4 Å². The summed E-state index contributed by atoms with van der Waals surface area (Å²) in [5.74, 6) is 6.50. The zero-order valence-electron chi connectivity index (χ0n) is 8.23. The third-order valence-corrected chi connectivity index (χ3v) is 3.59. The first-order valence-corrected chi connectivity index (χ1v) is 6.54. The normalized spacial score (nSPS) is 10.3. The van der Waals surface area contributed by atoms with E-state index in [-0.39, 0.29) is 5.91 Å². The van der Waals surface area contributed by atoms with Gasteiger partial charge in [0.2, 0.25) is 0 Å². The number of nitrogens with one attached hydrogen (secondary N) is 1. The molecule has 7 heteroatoms. The topological polar surface area (TPSA) is 94.0 Å². The van der Waals surface area contributed by atoms with Crippen molar-refractivity contribution in [1.29, 1.82) is 0 Å². The number of thioether (sulfide) groups is 1. The second-order valence-corrected chi connectivity index (χ2v) is 4.78. The van der Waals surface area contributed by atoms with E-state index in [0.29, 0.717) is 11.6 Å². The average molecular weight is 246 g/mol. The minimum Gasteiger partial charge on any atom is -0.330 e. The number of nitrogens with two attached hydrogens (primary N) is 2. The fourth-order valence-corrected chi connectivity index (χ4v) is 2.60. The van der Waals surface area contributed by atoms with Gasteiger partial charge in [-0.2, -0.15) is 11.8 Å². The summed E-state index contributed by atoms with van der Waals surface area (Å²) in [4.78, 5) is 15.2. The van der Waals surface area contributed by atoms with Crippen LogP contribution in [0.4, 0.5) is 0 Å². The molecule has 0 saturated carbocycles. The number of nitrogens with zero attached hydrogens (tertiary/aromatic N) is 1. The molecular formula is C8H14N4OS2. The van der Waals surface area contributed by atoms with Crippen molar-refractivity contribution in [3.05, 3.63) is 16.1 Å². The van der Waals surface area contributed by atoms with E-state index in [4.69, 9.17) is 11.6 Å². The number of rotatable bonds is 6. The van der Waals surface area contributed by atoms with Gasteiger partial charge in [0.25, 0.3) is 5.91 Å². The Bertz CT molecular complexity index is 315. The standard InChI is InChI=1S/C8H14N4OS2/c9-2-1-3-14-4-6-5-15-8(11-6)7(13)12-10/h5H,1-4,9-10H2,(H,12,13). The molecule has 0 fully saturated rings. The highest BCUT2D eigenvalue weighted by atomic mass is 32.2. The molecule has 5 N–H and O–H groups in total. The van der Waals surface area contributed by atoms with Crippen LogP contribution in [0.25, 0.3) is 0 Å². The smallest absolute Gasteiger partial charge is 0.294 e. The molecule has 0 bridgehead atoms. The number of carbonyl (C=O) groups excluding carboxylic acids is 1. The Morgan fingerprint density at radius 3 is 3.13 bits per heavy atom. The minimum absolute atomic E-state index is 0.335. The van der Waals surface area contributed by atoms with E-state index in [1.807, 2.05) is 5.38 Å². The summed E-state index contributed by atoms with van der Waals surface area (Å²) in [6.07, 6.45) is 1.00. The predicted octanol–water partition coefficient (Wildman–Crippen LogP) is 0.329. The van der Waals surface area contributed by atoms with Gasteiger partial charge in [0.1, 0.15) is 0 Å². The van der Waals surface area contributed by atoms with Crippen LogP contribution in [0.15, 0.2) is 5.38 Å². The summed E-state index contributed by atoms with van der Waals surface area (Å²) in [5.41, 5.74) is 8.35. The van der Waals surface area contributed by atoms with Crippen molar-refractivity contribution in [2.45, 2.75) is 12.2 Å². The van der Waals surface area contributed by atoms with Crippen LogP contribution < -0.4 is 17.0 Å². The highest BCUT2D eigenvalue weighted by Crippen LogP contribution is 2.16. The largest absolute Gasteiger partial charge is 0.330 e. The van der Waals surface area contributed by atoms with Crippen molar-refractivity contribution in [2.75, 3.05) is 12.3 Å². The summed E-state index contributed by atoms with van der Waals surface area (Å²) in [5, 5.41) is 2.28. The fourth-order valence-electron chi connectivity index (χ4n) is 0.901. The lowest BCUT2D eigenvalue weighted by molar-refractivity contribution is 0.0953. The first-order valence-electron chi connectivity index (χ1n) is 4.51. The van der Waals surface area contributed by atoms with Crippen LogP contribution in [0.2, 0.25) is 0 Å². The fraction of sp³-hybridized carbons (Fsp3) is 0.500. The molecule has 0 aromatic carbocycles. The molecule has 1 rings (SSSR count). The van der Waals surface area contributed by atoms with Crippen molar-refractivity contribution in [2.24, 2.45) is 11.6 Å². The lowest BCUT2D eigenvalue weighted by Crippen LogP contribution is -2.29. The van der Waals surface area contributed by atoms with Gasteiger partial charge in [-0.15, -0.1) is 11.3 Å². The third kappa shape index (κ3) is 4.17. The lowest BCUT2D eigenvalue weighted by atomic mass is 10.5. The Labute approximate surface area is 96.6 Å². The molecule has 0 aliphatic rings. The first-order chi connectivity index (χ1) is 7.27. The number of hydrogen-bond acceptors (Lipinski definition) is 6. The quantitative estimate of drug-likeness (QED) is 0.291. The molecule has 1 heterocycles. The minimum atomic E-state index is -0.335.